The summed E-state index contributed by atoms with van der Waals surface area (Å²) in [4.78, 5) is 12.7. The van der Waals surface area contributed by atoms with Gasteiger partial charge >= 0.3 is 5.97 Å². The lowest BCUT2D eigenvalue weighted by atomic mass is 9.82. The maximum absolute atomic E-state index is 12.7. The van der Waals surface area contributed by atoms with Crippen molar-refractivity contribution in [3.05, 3.63) is 46.6 Å². The second kappa shape index (κ2) is 10.4. The van der Waals surface area contributed by atoms with Gasteiger partial charge in [-0.25, -0.2) is 4.79 Å². The van der Waals surface area contributed by atoms with E-state index in [1.807, 2.05) is 0 Å². The average Bonchev–Trinajstić information content (AvgIpc) is 2.70. The van der Waals surface area contributed by atoms with Gasteiger partial charge in [0.15, 0.2) is 11.5 Å². The third-order valence-corrected chi connectivity index (χ3v) is 4.64. The SMILES string of the molecule is CCCCCOc1c(OC)cccc1C1C(C#N)=C(N)OC(C)=C1C(=O)OCC. The van der Waals surface area contributed by atoms with Gasteiger partial charge in [0.2, 0.25) is 5.88 Å². The molecule has 0 saturated carbocycles. The lowest BCUT2D eigenvalue weighted by molar-refractivity contribution is -0.139. The number of ether oxygens (including phenoxy) is 4. The Kier molecular flexibility index (Phi) is 7.96. The number of unbranched alkanes of at least 4 members (excludes halogenated alkanes) is 2. The molecule has 7 nitrogen and oxygen atoms in total. The Hall–Kier alpha value is -3.14. The Morgan fingerprint density at radius 3 is 2.69 bits per heavy atom. The lowest BCUT2D eigenvalue weighted by Gasteiger charge is -2.28. The van der Waals surface area contributed by atoms with Crippen LogP contribution in [0.25, 0.3) is 0 Å². The molecular weight excluding hydrogens is 372 g/mol. The molecule has 0 bridgehead atoms. The summed E-state index contributed by atoms with van der Waals surface area (Å²) in [6, 6.07) is 7.44. The Morgan fingerprint density at radius 1 is 1.31 bits per heavy atom. The minimum Gasteiger partial charge on any atom is -0.493 e. The summed E-state index contributed by atoms with van der Waals surface area (Å²) in [5, 5.41) is 9.76. The van der Waals surface area contributed by atoms with Gasteiger partial charge in [0.05, 0.1) is 31.8 Å². The van der Waals surface area contributed by atoms with Crippen molar-refractivity contribution in [1.29, 1.82) is 5.26 Å². The molecule has 0 saturated heterocycles. The van der Waals surface area contributed by atoms with Crippen LogP contribution in [0.15, 0.2) is 41.0 Å². The van der Waals surface area contributed by atoms with Crippen LogP contribution in [-0.4, -0.2) is 26.3 Å². The third-order valence-electron chi connectivity index (χ3n) is 4.64. The molecule has 0 amide bonds. The van der Waals surface area contributed by atoms with Crippen LogP contribution in [0.3, 0.4) is 0 Å². The summed E-state index contributed by atoms with van der Waals surface area (Å²) >= 11 is 0. The standard InChI is InChI=1S/C22H28N2O5/c1-5-7-8-12-28-20-15(10-9-11-17(20)26-4)19-16(13-23)21(24)29-14(3)18(19)22(25)27-6-2/h9-11,19H,5-8,12,24H2,1-4H3. The summed E-state index contributed by atoms with van der Waals surface area (Å²) in [5.41, 5.74) is 6.94. The maximum Gasteiger partial charge on any atom is 0.338 e. The van der Waals surface area contributed by atoms with Crippen molar-refractivity contribution in [2.75, 3.05) is 20.3 Å². The molecule has 156 valence electrons. The van der Waals surface area contributed by atoms with E-state index in [2.05, 4.69) is 13.0 Å². The highest BCUT2D eigenvalue weighted by Gasteiger charge is 2.38. The molecule has 1 aliphatic rings. The summed E-state index contributed by atoms with van der Waals surface area (Å²) in [5.74, 6) is -0.0815. The molecule has 0 aliphatic carbocycles. The van der Waals surface area contributed by atoms with E-state index in [0.717, 1.165) is 19.3 Å². The number of rotatable bonds is 9. The number of hydrogen-bond acceptors (Lipinski definition) is 7. The molecule has 1 aromatic rings. The van der Waals surface area contributed by atoms with E-state index in [1.54, 1.807) is 39.2 Å². The molecule has 1 unspecified atom stereocenters. The predicted octanol–water partition coefficient (Wildman–Crippen LogP) is 3.91. The van der Waals surface area contributed by atoms with Crippen molar-refractivity contribution < 1.29 is 23.7 Å². The lowest BCUT2D eigenvalue weighted by Crippen LogP contribution is -2.26. The van der Waals surface area contributed by atoms with Gasteiger partial charge in [-0.1, -0.05) is 31.9 Å². The maximum atomic E-state index is 12.7. The number of nitriles is 1. The van der Waals surface area contributed by atoms with E-state index in [9.17, 15) is 10.1 Å². The van der Waals surface area contributed by atoms with Crippen LogP contribution in [0.2, 0.25) is 0 Å². The molecule has 7 heteroatoms. The van der Waals surface area contributed by atoms with Gasteiger partial charge in [0, 0.05) is 5.56 Å². The number of para-hydroxylation sites is 1. The summed E-state index contributed by atoms with van der Waals surface area (Å²) in [6.07, 6.45) is 2.98. The Labute approximate surface area is 171 Å². The van der Waals surface area contributed by atoms with Gasteiger partial charge in [0.25, 0.3) is 0 Å². The van der Waals surface area contributed by atoms with Crippen LogP contribution in [0.1, 0.15) is 51.5 Å². The number of nitrogens with two attached hydrogens (primary N) is 1. The second-order valence-corrected chi connectivity index (χ2v) is 6.55. The first-order valence-electron chi connectivity index (χ1n) is 9.75. The summed E-state index contributed by atoms with van der Waals surface area (Å²) < 4.78 is 22.2. The smallest absolute Gasteiger partial charge is 0.338 e. The van der Waals surface area contributed by atoms with Crippen molar-refractivity contribution in [2.45, 2.75) is 46.0 Å². The van der Waals surface area contributed by atoms with E-state index in [1.165, 1.54) is 0 Å². The first kappa shape index (κ1) is 22.2. The Balaban J connectivity index is 2.61. The van der Waals surface area contributed by atoms with Crippen molar-refractivity contribution in [2.24, 2.45) is 5.73 Å². The van der Waals surface area contributed by atoms with Crippen LogP contribution in [0.4, 0.5) is 0 Å². The Bertz CT molecular complexity index is 851. The minimum absolute atomic E-state index is 0.0391. The molecule has 1 atom stereocenters. The third kappa shape index (κ3) is 4.83. The predicted molar refractivity (Wildman–Crippen MR) is 108 cm³/mol. The van der Waals surface area contributed by atoms with Crippen LogP contribution in [-0.2, 0) is 14.3 Å². The van der Waals surface area contributed by atoms with E-state index in [-0.39, 0.29) is 23.6 Å². The van der Waals surface area contributed by atoms with Gasteiger partial charge in [-0.2, -0.15) is 5.26 Å². The second-order valence-electron chi connectivity index (χ2n) is 6.55. The van der Waals surface area contributed by atoms with Gasteiger partial charge in [-0.05, 0) is 26.3 Å². The number of methoxy groups -OCH3 is 1. The highest BCUT2D eigenvalue weighted by molar-refractivity contribution is 5.93. The molecule has 0 radical (unpaired) electrons. The molecule has 2 rings (SSSR count). The van der Waals surface area contributed by atoms with Crippen molar-refractivity contribution in [3.63, 3.8) is 0 Å². The fourth-order valence-corrected chi connectivity index (χ4v) is 3.27. The van der Waals surface area contributed by atoms with Crippen molar-refractivity contribution in [3.8, 4) is 17.6 Å². The molecule has 0 spiro atoms. The topological polar surface area (TPSA) is 104 Å². The zero-order chi connectivity index (χ0) is 21.4. The molecular formula is C22H28N2O5. The molecule has 1 aromatic carbocycles. The molecule has 29 heavy (non-hydrogen) atoms. The molecule has 0 fully saturated rings. The largest absolute Gasteiger partial charge is 0.493 e. The number of benzene rings is 1. The van der Waals surface area contributed by atoms with Gasteiger partial charge in [-0.3, -0.25) is 0 Å². The van der Waals surface area contributed by atoms with E-state index in [4.69, 9.17) is 24.7 Å². The number of esters is 1. The number of nitrogens with zero attached hydrogens (tertiary/aromatic N) is 1. The van der Waals surface area contributed by atoms with Gasteiger partial charge in [0.1, 0.15) is 17.4 Å². The number of allylic oxidation sites excluding steroid dienone is 2. The van der Waals surface area contributed by atoms with Gasteiger partial charge in [-0.15, -0.1) is 0 Å². The number of carbonyl (C=O) groups is 1. The van der Waals surface area contributed by atoms with Crippen molar-refractivity contribution in [1.82, 2.24) is 0 Å². The summed E-state index contributed by atoms with van der Waals surface area (Å²) in [7, 11) is 1.55. The zero-order valence-corrected chi connectivity index (χ0v) is 17.4. The van der Waals surface area contributed by atoms with Crippen LogP contribution >= 0.6 is 0 Å². The van der Waals surface area contributed by atoms with Crippen LogP contribution in [0, 0.1) is 11.3 Å². The van der Waals surface area contributed by atoms with E-state index >= 15 is 0 Å². The average molecular weight is 400 g/mol. The monoisotopic (exact) mass is 400 g/mol. The molecule has 0 aromatic heterocycles. The quantitative estimate of drug-likeness (QED) is 0.495. The number of carbonyl (C=O) groups excluding carboxylic acids is 1. The summed E-state index contributed by atoms with van der Waals surface area (Å²) in [6.45, 7) is 6.14. The first-order valence-corrected chi connectivity index (χ1v) is 9.75. The first-order chi connectivity index (χ1) is 14.0. The normalized spacial score (nSPS) is 16.2. The van der Waals surface area contributed by atoms with Crippen LogP contribution in [0.5, 0.6) is 11.5 Å². The molecule has 1 aliphatic heterocycles. The minimum atomic E-state index is -0.774. The van der Waals surface area contributed by atoms with E-state index in [0.29, 0.717) is 29.4 Å². The van der Waals surface area contributed by atoms with Crippen LogP contribution < -0.4 is 15.2 Å². The Morgan fingerprint density at radius 2 is 2.07 bits per heavy atom. The van der Waals surface area contributed by atoms with Gasteiger partial charge < -0.3 is 24.7 Å². The highest BCUT2D eigenvalue weighted by Crippen LogP contribution is 2.45. The highest BCUT2D eigenvalue weighted by atomic mass is 16.5. The van der Waals surface area contributed by atoms with Crippen molar-refractivity contribution >= 4 is 5.97 Å². The zero-order valence-electron chi connectivity index (χ0n) is 17.4. The fourth-order valence-electron chi connectivity index (χ4n) is 3.27. The molecule has 1 heterocycles. The number of hydrogen-bond donors (Lipinski definition) is 1. The van der Waals surface area contributed by atoms with E-state index < -0.39 is 11.9 Å². The fraction of sp³-hybridized carbons (Fsp3) is 0.455. The molecule has 2 N–H and O–H groups in total.